The molecule has 1 N–H and O–H groups in total. The van der Waals surface area contributed by atoms with Gasteiger partial charge in [0.2, 0.25) is 0 Å². The van der Waals surface area contributed by atoms with Crippen molar-refractivity contribution >= 4 is 35.1 Å². The number of hydrogen-bond acceptors (Lipinski definition) is 7. The van der Waals surface area contributed by atoms with Gasteiger partial charge in [-0.15, -0.1) is 0 Å². The maximum atomic E-state index is 9.60. The number of anilines is 1. The maximum absolute atomic E-state index is 9.60. The average Bonchev–Trinajstić information content (AvgIpc) is 3.57. The lowest BCUT2D eigenvalue weighted by molar-refractivity contribution is 0.293. The number of fused-ring (bicyclic) bond motifs is 1. The third-order valence-electron chi connectivity index (χ3n) is 6.47. The lowest BCUT2D eigenvalue weighted by Gasteiger charge is -2.49. The minimum Gasteiger partial charge on any atom is -0.353 e. The molecule has 174 valence electrons. The molecule has 34 heavy (non-hydrogen) atoms. The zero-order chi connectivity index (χ0) is 23.7. The van der Waals surface area contributed by atoms with Gasteiger partial charge in [-0.25, -0.2) is 9.50 Å². The number of halogens is 2. The van der Waals surface area contributed by atoms with Crippen molar-refractivity contribution in [1.29, 1.82) is 5.26 Å². The number of nitrogens with zero attached hydrogens (tertiary/aromatic N) is 7. The van der Waals surface area contributed by atoms with E-state index in [9.17, 15) is 5.26 Å². The van der Waals surface area contributed by atoms with Crippen molar-refractivity contribution in [3.8, 4) is 28.3 Å². The van der Waals surface area contributed by atoms with Crippen LogP contribution in [0.4, 0.5) is 5.82 Å². The molecule has 2 saturated heterocycles. The van der Waals surface area contributed by atoms with Crippen LogP contribution in [0.5, 0.6) is 0 Å². The SMILES string of the molecule is ClOCl.Cn1cc(-c2cc(-c3ccc(N4CC5(CCCN5)C4)nc3)c3c(C#N)cnn3c2)cn1. The molecule has 0 unspecified atom stereocenters. The van der Waals surface area contributed by atoms with Crippen LogP contribution in [-0.2, 0) is 10.9 Å². The van der Waals surface area contributed by atoms with Gasteiger partial charge in [0.05, 0.1) is 52.7 Å². The Hall–Kier alpha value is -3.16. The van der Waals surface area contributed by atoms with Crippen LogP contribution in [0.1, 0.15) is 18.4 Å². The summed E-state index contributed by atoms with van der Waals surface area (Å²) in [6.07, 6.45) is 11.8. The maximum Gasteiger partial charge on any atom is 0.128 e. The quantitative estimate of drug-likeness (QED) is 0.458. The second-order valence-corrected chi connectivity index (χ2v) is 9.11. The normalized spacial score (nSPS) is 16.2. The number of nitriles is 1. The molecule has 2 aliphatic rings. The van der Waals surface area contributed by atoms with Gasteiger partial charge in [0.25, 0.3) is 0 Å². The van der Waals surface area contributed by atoms with Crippen LogP contribution in [0.25, 0.3) is 27.8 Å². The lowest BCUT2D eigenvalue weighted by atomic mass is 9.88. The highest BCUT2D eigenvalue weighted by atomic mass is 35.6. The van der Waals surface area contributed by atoms with E-state index in [1.165, 1.54) is 12.8 Å². The average molecular weight is 497 g/mol. The zero-order valence-electron chi connectivity index (χ0n) is 18.4. The summed E-state index contributed by atoms with van der Waals surface area (Å²) < 4.78 is 6.74. The molecule has 0 radical (unpaired) electrons. The van der Waals surface area contributed by atoms with Crippen molar-refractivity contribution in [2.45, 2.75) is 18.4 Å². The number of hydrogen-bond donors (Lipinski definition) is 1. The fourth-order valence-electron chi connectivity index (χ4n) is 4.87. The molecule has 0 saturated carbocycles. The van der Waals surface area contributed by atoms with E-state index in [1.807, 2.05) is 31.8 Å². The minimum atomic E-state index is 0.295. The summed E-state index contributed by atoms with van der Waals surface area (Å²) in [6.45, 7) is 3.15. The molecule has 2 fully saturated rings. The van der Waals surface area contributed by atoms with Gasteiger partial charge in [-0.1, -0.05) is 0 Å². The molecule has 6 heterocycles. The van der Waals surface area contributed by atoms with Crippen LogP contribution < -0.4 is 10.2 Å². The monoisotopic (exact) mass is 496 g/mol. The summed E-state index contributed by atoms with van der Waals surface area (Å²) in [7, 11) is 1.90. The Morgan fingerprint density at radius 2 is 1.91 bits per heavy atom. The van der Waals surface area contributed by atoms with Gasteiger partial charge in [-0.05, 0) is 37.6 Å². The Kier molecular flexibility index (Phi) is 6.15. The third-order valence-corrected chi connectivity index (χ3v) is 6.47. The zero-order valence-corrected chi connectivity index (χ0v) is 20.0. The largest absolute Gasteiger partial charge is 0.353 e. The molecule has 0 aromatic carbocycles. The topological polar surface area (TPSA) is 96.3 Å². The Balaban J connectivity index is 0.000000764. The molecule has 1 spiro atoms. The van der Waals surface area contributed by atoms with Gasteiger partial charge in [-0.2, -0.15) is 19.3 Å². The predicted molar refractivity (Wildman–Crippen MR) is 130 cm³/mol. The molecule has 11 heteroatoms. The summed E-state index contributed by atoms with van der Waals surface area (Å²) in [4.78, 5) is 7.08. The van der Waals surface area contributed by atoms with Gasteiger partial charge < -0.3 is 10.2 Å². The van der Waals surface area contributed by atoms with Gasteiger partial charge in [0.1, 0.15) is 11.9 Å². The van der Waals surface area contributed by atoms with Crippen LogP contribution in [-0.4, -0.2) is 49.6 Å². The van der Waals surface area contributed by atoms with Crippen molar-refractivity contribution in [2.75, 3.05) is 24.5 Å². The Morgan fingerprint density at radius 3 is 2.53 bits per heavy atom. The van der Waals surface area contributed by atoms with Crippen LogP contribution >= 0.6 is 23.7 Å². The number of pyridine rings is 2. The first-order chi connectivity index (χ1) is 16.6. The molecule has 4 aromatic heterocycles. The van der Waals surface area contributed by atoms with Crippen molar-refractivity contribution in [3.63, 3.8) is 0 Å². The summed E-state index contributed by atoms with van der Waals surface area (Å²) in [6, 6.07) is 8.52. The lowest BCUT2D eigenvalue weighted by Crippen LogP contribution is -2.67. The van der Waals surface area contributed by atoms with Crippen molar-refractivity contribution in [2.24, 2.45) is 7.05 Å². The van der Waals surface area contributed by atoms with E-state index in [4.69, 9.17) is 4.98 Å². The van der Waals surface area contributed by atoms with E-state index in [2.05, 4.69) is 72.3 Å². The minimum absolute atomic E-state index is 0.295. The fourth-order valence-corrected chi connectivity index (χ4v) is 4.87. The Labute approximate surface area is 206 Å². The highest BCUT2D eigenvalue weighted by Gasteiger charge is 2.45. The van der Waals surface area contributed by atoms with Gasteiger partial charge in [0, 0.05) is 61.0 Å². The van der Waals surface area contributed by atoms with Crippen LogP contribution in [0.3, 0.4) is 0 Å². The molecule has 6 rings (SSSR count). The van der Waals surface area contributed by atoms with Crippen LogP contribution in [0.15, 0.2) is 49.2 Å². The Bertz CT molecular complexity index is 1340. The number of aromatic nitrogens is 5. The first kappa shape index (κ1) is 22.6. The van der Waals surface area contributed by atoms with Gasteiger partial charge in [-0.3, -0.25) is 4.68 Å². The van der Waals surface area contributed by atoms with Crippen LogP contribution in [0, 0.1) is 11.3 Å². The van der Waals surface area contributed by atoms with E-state index in [-0.39, 0.29) is 0 Å². The number of aryl methyl sites for hydroxylation is 1. The molecule has 0 amide bonds. The summed E-state index contributed by atoms with van der Waals surface area (Å²) in [5.41, 5.74) is 5.53. The molecule has 0 bridgehead atoms. The smallest absolute Gasteiger partial charge is 0.128 e. The molecule has 2 aliphatic heterocycles. The molecule has 4 aromatic rings. The molecular formula is C23H22Cl2N8O. The molecular weight excluding hydrogens is 475 g/mol. The standard InChI is InChI=1S/C23H22N8.Cl2O/c1-29-12-19(11-27-29)17-7-20(22-18(8-24)10-28-31(22)13-17)16-3-4-21(25-9-16)30-14-23(15-30)5-2-6-26-23;1-3-2/h3-4,7,9-13,26H,2,5-6,14-15H2,1H3;. The highest BCUT2D eigenvalue weighted by molar-refractivity contribution is 6.24. The second-order valence-electron chi connectivity index (χ2n) is 8.64. The van der Waals surface area contributed by atoms with E-state index in [1.54, 1.807) is 15.4 Å². The van der Waals surface area contributed by atoms with E-state index < -0.39 is 0 Å². The van der Waals surface area contributed by atoms with Gasteiger partial charge in [0.15, 0.2) is 0 Å². The molecule has 0 aliphatic carbocycles. The van der Waals surface area contributed by atoms with Crippen molar-refractivity contribution in [3.05, 3.63) is 54.7 Å². The van der Waals surface area contributed by atoms with Crippen molar-refractivity contribution < 1.29 is 3.84 Å². The molecule has 9 nitrogen and oxygen atoms in total. The highest BCUT2D eigenvalue weighted by Crippen LogP contribution is 2.35. The van der Waals surface area contributed by atoms with E-state index in [0.29, 0.717) is 11.1 Å². The number of rotatable bonds is 3. The summed E-state index contributed by atoms with van der Waals surface area (Å²) in [5.74, 6) is 0.997. The fraction of sp³-hybridized carbons (Fsp3) is 0.304. The summed E-state index contributed by atoms with van der Waals surface area (Å²) in [5, 5.41) is 21.9. The first-order valence-electron chi connectivity index (χ1n) is 10.8. The number of nitrogens with one attached hydrogen (secondary N) is 1. The van der Waals surface area contributed by atoms with E-state index in [0.717, 1.165) is 53.2 Å². The second kappa shape index (κ2) is 9.24. The predicted octanol–water partition coefficient (Wildman–Crippen LogP) is 3.92. The van der Waals surface area contributed by atoms with E-state index >= 15 is 0 Å². The first-order valence-corrected chi connectivity index (χ1v) is 11.4. The third kappa shape index (κ3) is 4.10. The Morgan fingerprint density at radius 1 is 1.09 bits per heavy atom. The molecule has 0 atom stereocenters. The summed E-state index contributed by atoms with van der Waals surface area (Å²) >= 11 is 8.53. The van der Waals surface area contributed by atoms with Crippen molar-refractivity contribution in [1.82, 2.24) is 29.7 Å². The van der Waals surface area contributed by atoms with Gasteiger partial charge >= 0.3 is 0 Å². The van der Waals surface area contributed by atoms with Crippen LogP contribution in [0.2, 0.25) is 0 Å².